The van der Waals surface area contributed by atoms with Gasteiger partial charge in [-0.15, -0.1) is 0 Å². The third-order valence-corrected chi connectivity index (χ3v) is 9.67. The SMILES string of the molecule is CC(C)(C)[Si](O[C@@H]1CCOC1=O)(c1ccccc1)c1ccccc1. The summed E-state index contributed by atoms with van der Waals surface area (Å²) in [5.41, 5.74) is 0. The first kappa shape index (κ1) is 16.9. The number of hydrogen-bond donors (Lipinski definition) is 0. The summed E-state index contributed by atoms with van der Waals surface area (Å²) < 4.78 is 11.9. The molecule has 0 aromatic heterocycles. The Bertz CT molecular complexity index is 652. The van der Waals surface area contributed by atoms with Crippen molar-refractivity contribution in [2.45, 2.75) is 38.3 Å². The van der Waals surface area contributed by atoms with E-state index in [4.69, 9.17) is 9.16 Å². The summed E-state index contributed by atoms with van der Waals surface area (Å²) in [4.78, 5) is 12.1. The number of hydrogen-bond acceptors (Lipinski definition) is 3. The van der Waals surface area contributed by atoms with Gasteiger partial charge in [-0.3, -0.25) is 0 Å². The summed E-state index contributed by atoms with van der Waals surface area (Å²) in [6, 6.07) is 20.7. The molecule has 3 rings (SSSR count). The molecule has 1 saturated heterocycles. The van der Waals surface area contributed by atoms with Crippen molar-refractivity contribution in [2.75, 3.05) is 6.61 Å². The van der Waals surface area contributed by atoms with Crippen LogP contribution in [0, 0.1) is 0 Å². The van der Waals surface area contributed by atoms with Gasteiger partial charge in [-0.25, -0.2) is 4.79 Å². The minimum Gasteiger partial charge on any atom is -0.464 e. The molecule has 0 radical (unpaired) electrons. The lowest BCUT2D eigenvalue weighted by Crippen LogP contribution is -2.68. The van der Waals surface area contributed by atoms with Crippen LogP contribution in [0.15, 0.2) is 60.7 Å². The van der Waals surface area contributed by atoms with Crippen LogP contribution in [-0.2, 0) is 14.0 Å². The van der Waals surface area contributed by atoms with Crippen molar-refractivity contribution in [3.05, 3.63) is 60.7 Å². The highest BCUT2D eigenvalue weighted by atomic mass is 28.4. The molecule has 1 atom stereocenters. The van der Waals surface area contributed by atoms with Crippen LogP contribution in [0.1, 0.15) is 27.2 Å². The number of carbonyl (C=O) groups excluding carboxylic acids is 1. The van der Waals surface area contributed by atoms with Crippen LogP contribution >= 0.6 is 0 Å². The van der Waals surface area contributed by atoms with E-state index in [1.54, 1.807) is 0 Å². The first-order valence-corrected chi connectivity index (χ1v) is 10.3. The molecule has 0 bridgehead atoms. The van der Waals surface area contributed by atoms with Crippen LogP contribution in [-0.4, -0.2) is 27.0 Å². The van der Waals surface area contributed by atoms with E-state index in [0.29, 0.717) is 13.0 Å². The van der Waals surface area contributed by atoms with Crippen LogP contribution in [0.5, 0.6) is 0 Å². The van der Waals surface area contributed by atoms with Crippen molar-refractivity contribution in [1.82, 2.24) is 0 Å². The fourth-order valence-corrected chi connectivity index (χ4v) is 8.14. The Morgan fingerprint density at radius 2 is 1.46 bits per heavy atom. The summed E-state index contributed by atoms with van der Waals surface area (Å²) in [5, 5.41) is 2.24. The molecule has 126 valence electrons. The monoisotopic (exact) mass is 340 g/mol. The molecular weight excluding hydrogens is 316 g/mol. The minimum absolute atomic E-state index is 0.126. The van der Waals surface area contributed by atoms with Crippen LogP contribution < -0.4 is 10.4 Å². The topological polar surface area (TPSA) is 35.5 Å². The zero-order valence-corrected chi connectivity index (χ0v) is 15.5. The van der Waals surface area contributed by atoms with Gasteiger partial charge in [-0.05, 0) is 15.4 Å². The van der Waals surface area contributed by atoms with E-state index < -0.39 is 14.4 Å². The summed E-state index contributed by atoms with van der Waals surface area (Å²) >= 11 is 0. The molecule has 0 unspecified atom stereocenters. The molecule has 2 aromatic carbocycles. The Kier molecular flexibility index (Phi) is 4.61. The molecule has 0 spiro atoms. The van der Waals surface area contributed by atoms with E-state index in [0.717, 1.165) is 0 Å². The van der Waals surface area contributed by atoms with E-state index >= 15 is 0 Å². The average molecular weight is 340 g/mol. The van der Waals surface area contributed by atoms with Gasteiger partial charge in [-0.2, -0.15) is 0 Å². The first-order valence-electron chi connectivity index (χ1n) is 8.41. The van der Waals surface area contributed by atoms with Gasteiger partial charge >= 0.3 is 5.97 Å². The number of cyclic esters (lactones) is 1. The number of benzene rings is 2. The van der Waals surface area contributed by atoms with Gasteiger partial charge in [0.2, 0.25) is 0 Å². The molecule has 1 aliphatic heterocycles. The summed E-state index contributed by atoms with van der Waals surface area (Å²) in [7, 11) is -2.66. The fraction of sp³-hybridized carbons (Fsp3) is 0.350. The molecular formula is C20H24O3Si. The molecule has 0 saturated carbocycles. The lowest BCUT2D eigenvalue weighted by molar-refractivity contribution is -0.143. The normalized spacial score (nSPS) is 18.5. The second-order valence-corrected chi connectivity index (χ2v) is 11.5. The molecule has 1 fully saturated rings. The van der Waals surface area contributed by atoms with Crippen molar-refractivity contribution in [2.24, 2.45) is 0 Å². The quantitative estimate of drug-likeness (QED) is 0.634. The molecule has 2 aromatic rings. The van der Waals surface area contributed by atoms with Gasteiger partial charge < -0.3 is 9.16 Å². The number of rotatable bonds is 4. The zero-order valence-electron chi connectivity index (χ0n) is 14.5. The fourth-order valence-electron chi connectivity index (χ4n) is 3.49. The Hall–Kier alpha value is -1.91. The molecule has 1 heterocycles. The van der Waals surface area contributed by atoms with Crippen LogP contribution in [0.2, 0.25) is 5.04 Å². The van der Waals surface area contributed by atoms with Gasteiger partial charge in [-0.1, -0.05) is 81.4 Å². The summed E-state index contributed by atoms with van der Waals surface area (Å²) in [6.45, 7) is 7.07. The van der Waals surface area contributed by atoms with Crippen molar-refractivity contribution in [3.8, 4) is 0 Å². The van der Waals surface area contributed by atoms with E-state index in [2.05, 4.69) is 45.0 Å². The van der Waals surface area contributed by atoms with Crippen molar-refractivity contribution in [1.29, 1.82) is 0 Å². The van der Waals surface area contributed by atoms with Crippen molar-refractivity contribution in [3.63, 3.8) is 0 Å². The second kappa shape index (κ2) is 6.53. The van der Waals surface area contributed by atoms with E-state index in [1.165, 1.54) is 10.4 Å². The summed E-state index contributed by atoms with van der Waals surface area (Å²) in [6.07, 6.45) is 0.153. The minimum atomic E-state index is -2.66. The lowest BCUT2D eigenvalue weighted by atomic mass is 10.2. The third kappa shape index (κ3) is 2.92. The van der Waals surface area contributed by atoms with E-state index in [9.17, 15) is 4.79 Å². The zero-order chi connectivity index (χ0) is 17.2. The third-order valence-electron chi connectivity index (χ3n) is 4.62. The summed E-state index contributed by atoms with van der Waals surface area (Å²) in [5.74, 6) is -0.233. The predicted octanol–water partition coefficient (Wildman–Crippen LogP) is 2.88. The Morgan fingerprint density at radius 1 is 0.958 bits per heavy atom. The van der Waals surface area contributed by atoms with Crippen LogP contribution in [0.4, 0.5) is 0 Å². The molecule has 3 nitrogen and oxygen atoms in total. The molecule has 0 N–H and O–H groups in total. The Labute approximate surface area is 144 Å². The highest BCUT2D eigenvalue weighted by Crippen LogP contribution is 2.38. The van der Waals surface area contributed by atoms with Gasteiger partial charge in [0, 0.05) is 6.42 Å². The Balaban J connectivity index is 2.19. The average Bonchev–Trinajstić information content (AvgIpc) is 2.98. The second-order valence-electron chi connectivity index (χ2n) is 7.23. The van der Waals surface area contributed by atoms with Gasteiger partial charge in [0.15, 0.2) is 0 Å². The predicted molar refractivity (Wildman–Crippen MR) is 98.1 cm³/mol. The van der Waals surface area contributed by atoms with Gasteiger partial charge in [0.05, 0.1) is 6.61 Å². The number of esters is 1. The largest absolute Gasteiger partial charge is 0.464 e. The Morgan fingerprint density at radius 3 is 1.83 bits per heavy atom. The van der Waals surface area contributed by atoms with Crippen molar-refractivity contribution < 1.29 is 14.0 Å². The number of ether oxygens (including phenoxy) is 1. The van der Waals surface area contributed by atoms with E-state index in [-0.39, 0.29) is 11.0 Å². The highest BCUT2D eigenvalue weighted by Gasteiger charge is 2.53. The molecule has 1 aliphatic rings. The molecule has 0 amide bonds. The maximum Gasteiger partial charge on any atom is 0.334 e. The molecule has 4 heteroatoms. The van der Waals surface area contributed by atoms with E-state index in [1.807, 2.05) is 36.4 Å². The van der Waals surface area contributed by atoms with Crippen molar-refractivity contribution >= 4 is 24.7 Å². The van der Waals surface area contributed by atoms with Gasteiger partial charge in [0.1, 0.15) is 6.10 Å². The van der Waals surface area contributed by atoms with Crippen LogP contribution in [0.25, 0.3) is 0 Å². The maximum atomic E-state index is 12.1. The smallest absolute Gasteiger partial charge is 0.334 e. The highest BCUT2D eigenvalue weighted by molar-refractivity contribution is 6.99. The lowest BCUT2D eigenvalue weighted by Gasteiger charge is -2.44. The molecule has 0 aliphatic carbocycles. The first-order chi connectivity index (χ1) is 11.4. The van der Waals surface area contributed by atoms with Gasteiger partial charge in [0.25, 0.3) is 8.32 Å². The molecule has 24 heavy (non-hydrogen) atoms. The van der Waals surface area contributed by atoms with Crippen LogP contribution in [0.3, 0.4) is 0 Å². The standard InChI is InChI=1S/C20H24O3Si/c1-20(2,3)24(16-10-6-4-7-11-16,17-12-8-5-9-13-17)23-18-14-15-22-19(18)21/h4-13,18H,14-15H2,1-3H3/t18-/m1/s1. The maximum absolute atomic E-state index is 12.1. The number of carbonyl (C=O) groups is 1.